The summed E-state index contributed by atoms with van der Waals surface area (Å²) in [4.78, 5) is 11.0. The van der Waals surface area contributed by atoms with Gasteiger partial charge in [-0.15, -0.1) is 0 Å². The topological polar surface area (TPSA) is 48.1 Å². The molecule has 0 saturated heterocycles. The molecule has 1 aromatic carbocycles. The lowest BCUT2D eigenvalue weighted by atomic mass is 10.2. The SMILES string of the molecule is CC(C)[Si](C(C)C)(C(C)C)n1ccc2c([N+](=O)[O-])cccc21. The first-order valence-electron chi connectivity index (χ1n) is 7.99. The van der Waals surface area contributed by atoms with Crippen LogP contribution in [0, 0.1) is 10.1 Å². The van der Waals surface area contributed by atoms with Gasteiger partial charge in [0.2, 0.25) is 0 Å². The van der Waals surface area contributed by atoms with E-state index in [4.69, 9.17) is 0 Å². The van der Waals surface area contributed by atoms with Gasteiger partial charge in [0.25, 0.3) is 5.69 Å². The molecule has 0 amide bonds. The summed E-state index contributed by atoms with van der Waals surface area (Å²) in [6, 6.07) is 7.34. The average molecular weight is 318 g/mol. The van der Waals surface area contributed by atoms with Crippen molar-refractivity contribution in [2.24, 2.45) is 0 Å². The van der Waals surface area contributed by atoms with Crippen molar-refractivity contribution >= 4 is 24.8 Å². The van der Waals surface area contributed by atoms with Gasteiger partial charge in [0.05, 0.1) is 10.3 Å². The summed E-state index contributed by atoms with van der Waals surface area (Å²) in [5.41, 5.74) is 2.89. The van der Waals surface area contributed by atoms with Crippen LogP contribution >= 0.6 is 0 Å². The minimum Gasteiger partial charge on any atom is -0.373 e. The van der Waals surface area contributed by atoms with Crippen molar-refractivity contribution < 1.29 is 4.92 Å². The summed E-state index contributed by atoms with van der Waals surface area (Å²) in [5, 5.41) is 12.0. The number of benzene rings is 1. The summed E-state index contributed by atoms with van der Waals surface area (Å²) >= 11 is 0. The number of nitro benzene ring substituents is 1. The zero-order valence-corrected chi connectivity index (χ0v) is 15.3. The van der Waals surface area contributed by atoms with Gasteiger partial charge in [-0.3, -0.25) is 10.1 Å². The predicted molar refractivity (Wildman–Crippen MR) is 95.0 cm³/mol. The van der Waals surface area contributed by atoms with Crippen molar-refractivity contribution in [3.8, 4) is 0 Å². The Morgan fingerprint density at radius 3 is 2.00 bits per heavy atom. The molecule has 5 heteroatoms. The first-order chi connectivity index (χ1) is 10.2. The number of nitro groups is 1. The number of fused-ring (bicyclic) bond motifs is 1. The summed E-state index contributed by atoms with van der Waals surface area (Å²) in [7, 11) is -1.88. The van der Waals surface area contributed by atoms with Crippen LogP contribution in [-0.4, -0.2) is 17.4 Å². The molecule has 0 aliphatic carbocycles. The second-order valence-electron chi connectivity index (χ2n) is 7.00. The van der Waals surface area contributed by atoms with Gasteiger partial charge in [-0.1, -0.05) is 47.6 Å². The lowest BCUT2D eigenvalue weighted by molar-refractivity contribution is -0.383. The molecule has 22 heavy (non-hydrogen) atoms. The Morgan fingerprint density at radius 1 is 1.00 bits per heavy atom. The lowest BCUT2D eigenvalue weighted by Gasteiger charge is -2.44. The highest BCUT2D eigenvalue weighted by Crippen LogP contribution is 2.44. The minimum absolute atomic E-state index is 0.204. The molecule has 0 aliphatic heterocycles. The smallest absolute Gasteiger partial charge is 0.278 e. The van der Waals surface area contributed by atoms with E-state index < -0.39 is 8.24 Å². The number of non-ortho nitro benzene ring substituents is 1. The second kappa shape index (κ2) is 5.87. The Balaban J connectivity index is 2.82. The third kappa shape index (κ3) is 2.28. The third-order valence-corrected chi connectivity index (χ3v) is 11.9. The molecule has 1 heterocycles. The lowest BCUT2D eigenvalue weighted by Crippen LogP contribution is -2.51. The largest absolute Gasteiger partial charge is 0.373 e. The van der Waals surface area contributed by atoms with Crippen LogP contribution < -0.4 is 0 Å². The van der Waals surface area contributed by atoms with Crippen molar-refractivity contribution in [3.63, 3.8) is 0 Å². The predicted octanol–water partition coefficient (Wildman–Crippen LogP) is 5.57. The van der Waals surface area contributed by atoms with E-state index in [-0.39, 0.29) is 10.6 Å². The summed E-state index contributed by atoms with van der Waals surface area (Å²) in [5.74, 6) is 0. The molecule has 0 radical (unpaired) electrons. The van der Waals surface area contributed by atoms with E-state index >= 15 is 0 Å². The molecule has 0 N–H and O–H groups in total. The zero-order valence-electron chi connectivity index (χ0n) is 14.3. The Kier molecular flexibility index (Phi) is 4.47. The van der Waals surface area contributed by atoms with Crippen LogP contribution in [0.25, 0.3) is 10.9 Å². The standard InChI is InChI=1S/C17H26N2O2Si/c1-12(2)22(13(3)4,14(5)6)18-11-10-15-16(18)8-7-9-17(15)19(20)21/h7-14H,1-6H3. The molecule has 2 aromatic rings. The fourth-order valence-electron chi connectivity index (χ4n) is 4.48. The van der Waals surface area contributed by atoms with Gasteiger partial charge in [-0.25, -0.2) is 0 Å². The number of nitrogens with zero attached hydrogens (tertiary/aromatic N) is 2. The third-order valence-electron chi connectivity index (χ3n) is 5.10. The highest BCUT2D eigenvalue weighted by molar-refractivity contribution is 6.82. The van der Waals surface area contributed by atoms with Gasteiger partial charge >= 0.3 is 0 Å². The fraction of sp³-hybridized carbons (Fsp3) is 0.529. The van der Waals surface area contributed by atoms with Gasteiger partial charge < -0.3 is 4.23 Å². The molecule has 4 nitrogen and oxygen atoms in total. The van der Waals surface area contributed by atoms with Gasteiger partial charge in [-0.05, 0) is 35.0 Å². The van der Waals surface area contributed by atoms with E-state index in [9.17, 15) is 10.1 Å². The van der Waals surface area contributed by atoms with Crippen LogP contribution in [0.1, 0.15) is 41.5 Å². The summed E-state index contributed by atoms with van der Waals surface area (Å²) < 4.78 is 2.41. The van der Waals surface area contributed by atoms with Crippen molar-refractivity contribution in [2.75, 3.05) is 0 Å². The Labute approximate surface area is 133 Å². The van der Waals surface area contributed by atoms with Crippen LogP contribution in [0.3, 0.4) is 0 Å². The molecule has 0 spiro atoms. The van der Waals surface area contributed by atoms with Crippen molar-refractivity contribution in [2.45, 2.75) is 58.2 Å². The molecule has 0 aliphatic rings. The Morgan fingerprint density at radius 2 is 1.55 bits per heavy atom. The quantitative estimate of drug-likeness (QED) is 0.411. The van der Waals surface area contributed by atoms with Crippen LogP contribution in [0.4, 0.5) is 5.69 Å². The Bertz CT molecular complexity index is 667. The van der Waals surface area contributed by atoms with Gasteiger partial charge in [0.15, 0.2) is 8.24 Å². The molecule has 0 unspecified atom stereocenters. The fourth-order valence-corrected chi connectivity index (χ4v) is 11.1. The van der Waals surface area contributed by atoms with Crippen molar-refractivity contribution in [1.82, 2.24) is 4.23 Å². The van der Waals surface area contributed by atoms with Crippen LogP contribution in [0.5, 0.6) is 0 Å². The maximum absolute atomic E-state index is 11.3. The molecule has 1 aromatic heterocycles. The van der Waals surface area contributed by atoms with Gasteiger partial charge in [0, 0.05) is 11.6 Å². The van der Waals surface area contributed by atoms with E-state index in [1.54, 1.807) is 12.1 Å². The molecule has 0 saturated carbocycles. The summed E-state index contributed by atoms with van der Waals surface area (Å²) in [6.45, 7) is 13.8. The van der Waals surface area contributed by atoms with Crippen LogP contribution in [-0.2, 0) is 0 Å². The highest BCUT2D eigenvalue weighted by atomic mass is 28.3. The number of hydrogen-bond acceptors (Lipinski definition) is 2. The van der Waals surface area contributed by atoms with Gasteiger partial charge in [0.1, 0.15) is 0 Å². The maximum atomic E-state index is 11.3. The van der Waals surface area contributed by atoms with Crippen LogP contribution in [0.2, 0.25) is 16.6 Å². The normalized spacial score (nSPS) is 12.8. The first kappa shape index (κ1) is 16.7. The van der Waals surface area contributed by atoms with E-state index in [0.29, 0.717) is 16.6 Å². The molecular weight excluding hydrogens is 292 g/mol. The van der Waals surface area contributed by atoms with Crippen LogP contribution in [0.15, 0.2) is 30.5 Å². The number of rotatable bonds is 5. The number of aromatic nitrogens is 1. The zero-order chi connectivity index (χ0) is 16.7. The van der Waals surface area contributed by atoms with Crippen molar-refractivity contribution in [3.05, 3.63) is 40.6 Å². The number of hydrogen-bond donors (Lipinski definition) is 0. The average Bonchev–Trinajstić information content (AvgIpc) is 2.82. The van der Waals surface area contributed by atoms with E-state index in [1.807, 2.05) is 12.1 Å². The molecular formula is C17H26N2O2Si. The molecule has 0 atom stereocenters. The molecule has 120 valence electrons. The second-order valence-corrected chi connectivity index (χ2v) is 12.7. The summed E-state index contributed by atoms with van der Waals surface area (Å²) in [6.07, 6.45) is 2.09. The first-order valence-corrected chi connectivity index (χ1v) is 10.2. The van der Waals surface area contributed by atoms with Gasteiger partial charge in [-0.2, -0.15) is 0 Å². The van der Waals surface area contributed by atoms with E-state index in [2.05, 4.69) is 52.0 Å². The van der Waals surface area contributed by atoms with E-state index in [1.165, 1.54) is 0 Å². The van der Waals surface area contributed by atoms with Crippen molar-refractivity contribution in [1.29, 1.82) is 0 Å². The minimum atomic E-state index is -1.88. The Hall–Kier alpha value is -1.62. The highest BCUT2D eigenvalue weighted by Gasteiger charge is 2.45. The molecule has 2 rings (SSSR count). The molecule has 0 fully saturated rings. The molecule has 0 bridgehead atoms. The monoisotopic (exact) mass is 318 g/mol. The maximum Gasteiger partial charge on any atom is 0.278 e. The van der Waals surface area contributed by atoms with E-state index in [0.717, 1.165) is 10.9 Å².